The van der Waals surface area contributed by atoms with Crippen LogP contribution in [-0.4, -0.2) is 11.4 Å². The Morgan fingerprint density at radius 2 is 2.18 bits per heavy atom. The largest absolute Gasteiger partial charge is 0.463 e. The Labute approximate surface area is 108 Å². The topological polar surface area (TPSA) is 14.2 Å². The van der Waals surface area contributed by atoms with Crippen LogP contribution in [0.4, 0.5) is 4.39 Å². The minimum atomic E-state index is -0.814. The fourth-order valence-electron chi connectivity index (χ4n) is 1.60. The van der Waals surface area contributed by atoms with Gasteiger partial charge in [-0.3, -0.25) is 0 Å². The number of nitrogens with zero attached hydrogens (tertiary/aromatic N) is 1. The molecular weight excluding hydrogens is 257 g/mol. The highest BCUT2D eigenvalue weighted by Gasteiger charge is 2.06. The van der Waals surface area contributed by atoms with Gasteiger partial charge in [0, 0.05) is 16.6 Å². The molecule has 0 aliphatic rings. The van der Waals surface area contributed by atoms with Crippen molar-refractivity contribution < 1.29 is 9.13 Å². The molecule has 0 radical (unpaired) electrons. The SMILES string of the molecule is Cc1csc(=S)n1Cc1ccccc1OCF. The van der Waals surface area contributed by atoms with E-state index in [0.29, 0.717) is 12.3 Å². The summed E-state index contributed by atoms with van der Waals surface area (Å²) in [5.74, 6) is 0.572. The van der Waals surface area contributed by atoms with Gasteiger partial charge in [-0.15, -0.1) is 11.3 Å². The minimum absolute atomic E-state index is 0.572. The van der Waals surface area contributed by atoms with Crippen molar-refractivity contribution in [3.05, 3.63) is 44.9 Å². The van der Waals surface area contributed by atoms with Gasteiger partial charge in [0.25, 0.3) is 0 Å². The quantitative estimate of drug-likeness (QED) is 0.780. The Balaban J connectivity index is 2.33. The molecule has 0 saturated carbocycles. The number of thiazole rings is 1. The van der Waals surface area contributed by atoms with E-state index in [1.807, 2.05) is 35.1 Å². The molecule has 2 nitrogen and oxygen atoms in total. The Kier molecular flexibility index (Phi) is 3.91. The molecule has 1 aromatic heterocycles. The molecule has 0 amide bonds. The van der Waals surface area contributed by atoms with E-state index in [0.717, 1.165) is 15.2 Å². The third-order valence-corrected chi connectivity index (χ3v) is 3.88. The first kappa shape index (κ1) is 12.3. The highest BCUT2D eigenvalue weighted by molar-refractivity contribution is 7.73. The van der Waals surface area contributed by atoms with Gasteiger partial charge in [-0.2, -0.15) is 0 Å². The molecule has 17 heavy (non-hydrogen) atoms. The summed E-state index contributed by atoms with van der Waals surface area (Å²) in [6.07, 6.45) is 0. The summed E-state index contributed by atoms with van der Waals surface area (Å²) in [6.45, 7) is 1.81. The van der Waals surface area contributed by atoms with Gasteiger partial charge in [-0.1, -0.05) is 18.2 Å². The molecule has 0 saturated heterocycles. The third-order valence-electron chi connectivity index (χ3n) is 2.49. The van der Waals surface area contributed by atoms with E-state index in [1.165, 1.54) is 11.3 Å². The normalized spacial score (nSPS) is 10.5. The van der Waals surface area contributed by atoms with Crippen molar-refractivity contribution in [1.29, 1.82) is 0 Å². The molecule has 0 aliphatic carbocycles. The molecule has 2 rings (SSSR count). The van der Waals surface area contributed by atoms with Crippen LogP contribution in [0.2, 0.25) is 0 Å². The summed E-state index contributed by atoms with van der Waals surface area (Å²) in [7, 11) is 0. The van der Waals surface area contributed by atoms with Crippen molar-refractivity contribution in [2.45, 2.75) is 13.5 Å². The van der Waals surface area contributed by atoms with Crippen LogP contribution >= 0.6 is 23.6 Å². The molecule has 2 aromatic rings. The molecular formula is C12H12FNOS2. The molecule has 0 fully saturated rings. The number of hydrogen-bond acceptors (Lipinski definition) is 3. The van der Waals surface area contributed by atoms with Gasteiger partial charge >= 0.3 is 0 Å². The van der Waals surface area contributed by atoms with Crippen molar-refractivity contribution in [3.63, 3.8) is 0 Å². The number of ether oxygens (including phenoxy) is 1. The Morgan fingerprint density at radius 1 is 1.41 bits per heavy atom. The summed E-state index contributed by atoms with van der Waals surface area (Å²) in [5, 5.41) is 2.01. The molecule has 0 spiro atoms. The van der Waals surface area contributed by atoms with Crippen LogP contribution < -0.4 is 4.74 Å². The van der Waals surface area contributed by atoms with Crippen molar-refractivity contribution in [2.75, 3.05) is 6.86 Å². The second kappa shape index (κ2) is 5.42. The highest BCUT2D eigenvalue weighted by atomic mass is 32.1. The average Bonchev–Trinajstić information content (AvgIpc) is 2.64. The lowest BCUT2D eigenvalue weighted by atomic mass is 10.2. The summed E-state index contributed by atoms with van der Waals surface area (Å²) in [6, 6.07) is 7.42. The van der Waals surface area contributed by atoms with E-state index < -0.39 is 6.86 Å². The molecule has 90 valence electrons. The molecule has 1 heterocycles. The second-order valence-corrected chi connectivity index (χ2v) is 5.09. The van der Waals surface area contributed by atoms with Gasteiger partial charge in [-0.25, -0.2) is 4.39 Å². The lowest BCUT2D eigenvalue weighted by Crippen LogP contribution is -2.04. The van der Waals surface area contributed by atoms with Crippen molar-refractivity contribution in [2.24, 2.45) is 0 Å². The van der Waals surface area contributed by atoms with Gasteiger partial charge in [0.2, 0.25) is 6.86 Å². The van der Waals surface area contributed by atoms with Gasteiger partial charge < -0.3 is 9.30 Å². The maximum atomic E-state index is 12.2. The van der Waals surface area contributed by atoms with E-state index in [-0.39, 0.29) is 0 Å². The number of alkyl halides is 1. The third kappa shape index (κ3) is 2.73. The van der Waals surface area contributed by atoms with Crippen LogP contribution in [0, 0.1) is 10.9 Å². The smallest absolute Gasteiger partial charge is 0.228 e. The van der Waals surface area contributed by atoms with Gasteiger partial charge in [-0.05, 0) is 25.2 Å². The molecule has 1 aromatic carbocycles. The summed E-state index contributed by atoms with van der Waals surface area (Å²) in [5.41, 5.74) is 2.04. The maximum Gasteiger partial charge on any atom is 0.228 e. The first-order chi connectivity index (χ1) is 8.22. The fourth-order valence-corrected chi connectivity index (χ4v) is 2.69. The number of para-hydroxylation sites is 1. The minimum Gasteiger partial charge on any atom is -0.463 e. The van der Waals surface area contributed by atoms with Crippen LogP contribution in [0.15, 0.2) is 29.6 Å². The van der Waals surface area contributed by atoms with Crippen LogP contribution in [0.1, 0.15) is 11.3 Å². The van der Waals surface area contributed by atoms with Crippen LogP contribution in [-0.2, 0) is 6.54 Å². The molecule has 0 unspecified atom stereocenters. The number of rotatable bonds is 4. The predicted octanol–water partition coefficient (Wildman–Crippen LogP) is 3.94. The van der Waals surface area contributed by atoms with E-state index in [4.69, 9.17) is 17.0 Å². The zero-order valence-electron chi connectivity index (χ0n) is 9.35. The van der Waals surface area contributed by atoms with Crippen molar-refractivity contribution >= 4 is 23.6 Å². The lowest BCUT2D eigenvalue weighted by Gasteiger charge is -2.10. The van der Waals surface area contributed by atoms with E-state index >= 15 is 0 Å². The van der Waals surface area contributed by atoms with Crippen LogP contribution in [0.3, 0.4) is 0 Å². The Hall–Kier alpha value is -1.20. The second-order valence-electron chi connectivity index (χ2n) is 3.59. The molecule has 0 bridgehead atoms. The van der Waals surface area contributed by atoms with E-state index in [1.54, 1.807) is 6.07 Å². The number of halogens is 1. The summed E-state index contributed by atoms with van der Waals surface area (Å²) in [4.78, 5) is 0. The first-order valence-electron chi connectivity index (χ1n) is 5.14. The zero-order chi connectivity index (χ0) is 12.3. The highest BCUT2D eigenvalue weighted by Crippen LogP contribution is 2.21. The Bertz CT molecular complexity index is 562. The van der Waals surface area contributed by atoms with Crippen molar-refractivity contribution in [3.8, 4) is 5.75 Å². The monoisotopic (exact) mass is 269 g/mol. The molecule has 0 N–H and O–H groups in total. The Morgan fingerprint density at radius 3 is 2.82 bits per heavy atom. The fraction of sp³-hybridized carbons (Fsp3) is 0.250. The lowest BCUT2D eigenvalue weighted by molar-refractivity contribution is 0.190. The molecule has 5 heteroatoms. The molecule has 0 atom stereocenters. The number of aryl methyl sites for hydroxylation is 1. The standard InChI is InChI=1S/C12H12FNOS2/c1-9-7-17-12(16)14(9)6-10-4-2-3-5-11(10)15-8-13/h2-5,7H,6,8H2,1H3. The predicted molar refractivity (Wildman–Crippen MR) is 70.0 cm³/mol. The maximum absolute atomic E-state index is 12.2. The average molecular weight is 269 g/mol. The van der Waals surface area contributed by atoms with Crippen molar-refractivity contribution in [1.82, 2.24) is 4.57 Å². The number of benzene rings is 1. The van der Waals surface area contributed by atoms with Gasteiger partial charge in [0.15, 0.2) is 3.95 Å². The number of hydrogen-bond donors (Lipinski definition) is 0. The van der Waals surface area contributed by atoms with E-state index in [9.17, 15) is 4.39 Å². The number of aromatic nitrogens is 1. The summed E-state index contributed by atoms with van der Waals surface area (Å²) < 4.78 is 20.0. The van der Waals surface area contributed by atoms with Gasteiger partial charge in [0.1, 0.15) is 5.75 Å². The van der Waals surface area contributed by atoms with E-state index in [2.05, 4.69) is 0 Å². The molecule has 0 aliphatic heterocycles. The first-order valence-corrected chi connectivity index (χ1v) is 6.42. The van der Waals surface area contributed by atoms with Crippen LogP contribution in [0.25, 0.3) is 0 Å². The summed E-state index contributed by atoms with van der Waals surface area (Å²) >= 11 is 6.78. The van der Waals surface area contributed by atoms with Crippen LogP contribution in [0.5, 0.6) is 5.75 Å². The zero-order valence-corrected chi connectivity index (χ0v) is 11.0. The van der Waals surface area contributed by atoms with Gasteiger partial charge in [0.05, 0.1) is 6.54 Å².